The highest BCUT2D eigenvalue weighted by Crippen LogP contribution is 2.32. The molecule has 1 N–H and O–H groups in total. The number of likely N-dealkylation sites (tertiary alicyclic amines) is 1. The Morgan fingerprint density at radius 2 is 2.43 bits per heavy atom. The molecule has 2 aliphatic rings. The monoisotopic (exact) mass is 322 g/mol. The van der Waals surface area contributed by atoms with Crippen molar-refractivity contribution in [1.29, 1.82) is 0 Å². The third-order valence-electron chi connectivity index (χ3n) is 4.78. The molecule has 0 unspecified atom stereocenters. The van der Waals surface area contributed by atoms with Crippen LogP contribution in [0.25, 0.3) is 0 Å². The predicted octanol–water partition coefficient (Wildman–Crippen LogP) is 1.27. The lowest BCUT2D eigenvalue weighted by molar-refractivity contribution is -0.139. The van der Waals surface area contributed by atoms with Crippen molar-refractivity contribution in [3.8, 4) is 0 Å². The Balaban J connectivity index is 1.50. The molecule has 2 saturated heterocycles. The van der Waals surface area contributed by atoms with Crippen molar-refractivity contribution >= 4 is 5.91 Å². The first-order chi connectivity index (χ1) is 11.3. The minimum Gasteiger partial charge on any atom is -0.468 e. The van der Waals surface area contributed by atoms with Crippen LogP contribution in [0.1, 0.15) is 18.6 Å². The molecule has 0 radical (unpaired) electrons. The molecule has 1 aromatic heterocycles. The molecular weight excluding hydrogens is 296 g/mol. The predicted molar refractivity (Wildman–Crippen MR) is 84.8 cm³/mol. The Labute approximate surface area is 137 Å². The number of fused-ring (bicyclic) bond motifs is 1. The molecule has 6 nitrogen and oxygen atoms in total. The molecule has 0 aliphatic carbocycles. The minimum atomic E-state index is -0.0448. The van der Waals surface area contributed by atoms with Crippen LogP contribution in [0.4, 0.5) is 0 Å². The number of ether oxygens (including phenoxy) is 2. The first-order valence-electron chi connectivity index (χ1n) is 8.39. The lowest BCUT2D eigenvalue weighted by Crippen LogP contribution is -2.50. The maximum absolute atomic E-state index is 12.2. The zero-order valence-electron chi connectivity index (χ0n) is 13.7. The second-order valence-electron chi connectivity index (χ2n) is 6.45. The number of rotatable bonds is 6. The molecule has 0 aromatic carbocycles. The summed E-state index contributed by atoms with van der Waals surface area (Å²) in [6.45, 7) is 4.46. The van der Waals surface area contributed by atoms with Gasteiger partial charge in [0.2, 0.25) is 5.91 Å². The van der Waals surface area contributed by atoms with Gasteiger partial charge in [-0.1, -0.05) is 0 Å². The van der Waals surface area contributed by atoms with Crippen LogP contribution < -0.4 is 5.32 Å². The van der Waals surface area contributed by atoms with E-state index in [-0.39, 0.29) is 11.8 Å². The number of nitrogens with zero attached hydrogens (tertiary/aromatic N) is 1. The van der Waals surface area contributed by atoms with Crippen LogP contribution in [-0.2, 0) is 20.8 Å². The van der Waals surface area contributed by atoms with E-state index in [2.05, 4.69) is 10.2 Å². The van der Waals surface area contributed by atoms with Crippen LogP contribution in [0.3, 0.4) is 0 Å². The van der Waals surface area contributed by atoms with Gasteiger partial charge in [0.1, 0.15) is 5.76 Å². The van der Waals surface area contributed by atoms with Crippen LogP contribution in [0.5, 0.6) is 0 Å². The second-order valence-corrected chi connectivity index (χ2v) is 6.45. The number of amides is 1. The second kappa shape index (κ2) is 7.95. The van der Waals surface area contributed by atoms with Gasteiger partial charge in [0.25, 0.3) is 0 Å². The molecular formula is C17H26N2O4. The highest BCUT2D eigenvalue weighted by Gasteiger charge is 2.38. The number of hydrogen-bond donors (Lipinski definition) is 1. The number of furan rings is 1. The first-order valence-corrected chi connectivity index (χ1v) is 8.39. The highest BCUT2D eigenvalue weighted by molar-refractivity contribution is 5.78. The molecule has 128 valence electrons. The Bertz CT molecular complexity index is 491. The van der Waals surface area contributed by atoms with E-state index in [1.54, 1.807) is 13.4 Å². The van der Waals surface area contributed by atoms with Crippen molar-refractivity contribution in [1.82, 2.24) is 10.2 Å². The maximum atomic E-state index is 12.2. The van der Waals surface area contributed by atoms with Crippen molar-refractivity contribution in [3.05, 3.63) is 24.2 Å². The minimum absolute atomic E-state index is 0.0448. The van der Waals surface area contributed by atoms with E-state index in [4.69, 9.17) is 13.9 Å². The van der Waals surface area contributed by atoms with Gasteiger partial charge in [-0.15, -0.1) is 0 Å². The summed E-state index contributed by atoms with van der Waals surface area (Å²) in [7, 11) is 1.64. The molecule has 0 bridgehead atoms. The maximum Gasteiger partial charge on any atom is 0.225 e. The SMILES string of the molecule is COCCNC(=O)[C@@H]1CO[C@@H]2CCN(Cc3ccco3)C[C@@H]2C1. The van der Waals surface area contributed by atoms with Gasteiger partial charge in [-0.25, -0.2) is 0 Å². The molecule has 6 heteroatoms. The van der Waals surface area contributed by atoms with Crippen LogP contribution in [0, 0.1) is 11.8 Å². The average molecular weight is 322 g/mol. The van der Waals surface area contributed by atoms with E-state index >= 15 is 0 Å². The molecule has 2 aliphatic heterocycles. The molecule has 2 fully saturated rings. The Hall–Kier alpha value is -1.37. The van der Waals surface area contributed by atoms with E-state index in [1.165, 1.54) is 0 Å². The lowest BCUT2D eigenvalue weighted by Gasteiger charge is -2.42. The summed E-state index contributed by atoms with van der Waals surface area (Å²) in [6.07, 6.45) is 3.94. The van der Waals surface area contributed by atoms with Crippen molar-refractivity contribution in [3.63, 3.8) is 0 Å². The zero-order valence-corrected chi connectivity index (χ0v) is 13.7. The van der Waals surface area contributed by atoms with Gasteiger partial charge in [0.15, 0.2) is 0 Å². The molecule has 3 heterocycles. The van der Waals surface area contributed by atoms with Crippen LogP contribution in [0.15, 0.2) is 22.8 Å². The summed E-state index contributed by atoms with van der Waals surface area (Å²) in [4.78, 5) is 14.6. The molecule has 0 spiro atoms. The van der Waals surface area contributed by atoms with E-state index in [0.717, 1.165) is 38.2 Å². The Morgan fingerprint density at radius 3 is 3.22 bits per heavy atom. The Morgan fingerprint density at radius 1 is 1.52 bits per heavy atom. The number of methoxy groups -OCH3 is 1. The average Bonchev–Trinajstić information content (AvgIpc) is 3.07. The van der Waals surface area contributed by atoms with E-state index in [1.807, 2.05) is 12.1 Å². The quantitative estimate of drug-likeness (QED) is 0.799. The fourth-order valence-electron chi connectivity index (χ4n) is 3.57. The Kier molecular flexibility index (Phi) is 5.70. The number of hydrogen-bond acceptors (Lipinski definition) is 5. The van der Waals surface area contributed by atoms with Crippen molar-refractivity contribution < 1.29 is 18.7 Å². The van der Waals surface area contributed by atoms with Crippen LogP contribution in [0.2, 0.25) is 0 Å². The molecule has 1 aromatic rings. The van der Waals surface area contributed by atoms with Gasteiger partial charge >= 0.3 is 0 Å². The standard InChI is InChI=1S/C17H26N2O4/c1-21-8-5-18-17(20)14-9-13-10-19(6-4-16(13)23-12-14)11-15-3-2-7-22-15/h2-3,7,13-14,16H,4-6,8-12H2,1H3,(H,18,20)/t13-,14-,16+/m0/s1. The van der Waals surface area contributed by atoms with Gasteiger partial charge in [0.05, 0.1) is 38.0 Å². The molecule has 3 rings (SSSR count). The summed E-state index contributed by atoms with van der Waals surface area (Å²) in [6, 6.07) is 3.93. The fourth-order valence-corrected chi connectivity index (χ4v) is 3.57. The third-order valence-corrected chi connectivity index (χ3v) is 4.78. The van der Waals surface area contributed by atoms with Crippen molar-refractivity contribution in [2.45, 2.75) is 25.5 Å². The number of piperidine rings is 1. The number of nitrogens with one attached hydrogen (secondary N) is 1. The van der Waals surface area contributed by atoms with Gasteiger partial charge in [-0.05, 0) is 30.9 Å². The van der Waals surface area contributed by atoms with Crippen LogP contribution in [-0.4, -0.2) is 56.9 Å². The first kappa shape index (κ1) is 16.5. The van der Waals surface area contributed by atoms with Crippen molar-refractivity contribution in [2.24, 2.45) is 11.8 Å². The summed E-state index contributed by atoms with van der Waals surface area (Å²) in [5.74, 6) is 1.46. The normalized spacial score (nSPS) is 28.3. The molecule has 3 atom stereocenters. The smallest absolute Gasteiger partial charge is 0.225 e. The van der Waals surface area contributed by atoms with Gasteiger partial charge < -0.3 is 19.2 Å². The summed E-state index contributed by atoms with van der Waals surface area (Å²) < 4.78 is 16.4. The van der Waals surface area contributed by atoms with Gasteiger partial charge in [0, 0.05) is 26.7 Å². The number of carbonyl (C=O) groups is 1. The largest absolute Gasteiger partial charge is 0.468 e. The van der Waals surface area contributed by atoms with Gasteiger partial charge in [-0.2, -0.15) is 0 Å². The van der Waals surface area contributed by atoms with Crippen molar-refractivity contribution in [2.75, 3.05) is 40.0 Å². The van der Waals surface area contributed by atoms with E-state index in [0.29, 0.717) is 31.8 Å². The van der Waals surface area contributed by atoms with E-state index < -0.39 is 0 Å². The lowest BCUT2D eigenvalue weighted by atomic mass is 9.83. The fraction of sp³-hybridized carbons (Fsp3) is 0.706. The molecule has 1 amide bonds. The highest BCUT2D eigenvalue weighted by atomic mass is 16.5. The molecule has 23 heavy (non-hydrogen) atoms. The summed E-state index contributed by atoms with van der Waals surface area (Å²) in [5, 5.41) is 2.92. The summed E-state index contributed by atoms with van der Waals surface area (Å²) >= 11 is 0. The molecule has 0 saturated carbocycles. The van der Waals surface area contributed by atoms with Gasteiger partial charge in [-0.3, -0.25) is 9.69 Å². The topological polar surface area (TPSA) is 63.9 Å². The third kappa shape index (κ3) is 4.34. The van der Waals surface area contributed by atoms with Crippen LogP contribution >= 0.6 is 0 Å². The summed E-state index contributed by atoms with van der Waals surface area (Å²) in [5.41, 5.74) is 0. The number of carbonyl (C=O) groups excluding carboxylic acids is 1. The van der Waals surface area contributed by atoms with E-state index in [9.17, 15) is 4.79 Å². The zero-order chi connectivity index (χ0) is 16.1.